The summed E-state index contributed by atoms with van der Waals surface area (Å²) in [7, 11) is 0. The zero-order valence-electron chi connectivity index (χ0n) is 29.6. The van der Waals surface area contributed by atoms with Crippen LogP contribution in [0.15, 0.2) is 188 Å². The molecule has 4 heteroatoms. The number of benzene rings is 9. The zero-order valence-corrected chi connectivity index (χ0v) is 30.5. The average Bonchev–Trinajstić information content (AvgIpc) is 3.64. The quantitative estimate of drug-likeness (QED) is 0.178. The molecule has 0 amide bonds. The van der Waals surface area contributed by atoms with Gasteiger partial charge in [-0.1, -0.05) is 170 Å². The lowest BCUT2D eigenvalue weighted by atomic mass is 9.92. The van der Waals surface area contributed by atoms with Gasteiger partial charge in [0.2, 0.25) is 0 Å². The third-order valence-corrected chi connectivity index (χ3v) is 12.0. The van der Waals surface area contributed by atoms with Crippen LogP contribution in [0.2, 0.25) is 0 Å². The third-order valence-electron chi connectivity index (χ3n) is 10.7. The van der Waals surface area contributed by atoms with Gasteiger partial charge in [0.15, 0.2) is 17.5 Å². The molecule has 0 unspecified atom stereocenters. The van der Waals surface area contributed by atoms with Crippen LogP contribution in [0, 0.1) is 0 Å². The van der Waals surface area contributed by atoms with E-state index in [2.05, 4.69) is 188 Å². The van der Waals surface area contributed by atoms with E-state index in [0.717, 1.165) is 44.2 Å². The van der Waals surface area contributed by atoms with Crippen molar-refractivity contribution in [3.63, 3.8) is 0 Å². The SMILES string of the molecule is c1ccc2cc(-c3ccc4ccccc4c3-c3nc(-c4ccc(-c5cccc6ccccc56)cc4)nc(-c4cccc5c4sc4ccccc45)n3)ccc2c1. The molecule has 55 heavy (non-hydrogen) atoms. The maximum atomic E-state index is 5.40. The molecule has 0 spiro atoms. The smallest absolute Gasteiger partial charge is 0.165 e. The summed E-state index contributed by atoms with van der Waals surface area (Å²) in [5.41, 5.74) is 7.49. The highest BCUT2D eigenvalue weighted by Crippen LogP contribution is 2.42. The number of rotatable bonds is 5. The summed E-state index contributed by atoms with van der Waals surface area (Å²) in [5, 5.41) is 9.55. The van der Waals surface area contributed by atoms with Crippen molar-refractivity contribution < 1.29 is 0 Å². The van der Waals surface area contributed by atoms with Crippen molar-refractivity contribution in [2.75, 3.05) is 0 Å². The first-order chi connectivity index (χ1) is 27.2. The van der Waals surface area contributed by atoms with Gasteiger partial charge < -0.3 is 0 Å². The summed E-state index contributed by atoms with van der Waals surface area (Å²) in [6.45, 7) is 0. The molecular formula is C51H31N3S. The second-order valence-electron chi connectivity index (χ2n) is 14.0. The van der Waals surface area contributed by atoms with Crippen LogP contribution in [-0.4, -0.2) is 15.0 Å². The Morgan fingerprint density at radius 2 is 0.873 bits per heavy atom. The molecular weight excluding hydrogens is 687 g/mol. The van der Waals surface area contributed by atoms with Crippen LogP contribution < -0.4 is 0 Å². The lowest BCUT2D eigenvalue weighted by Gasteiger charge is -2.15. The molecule has 256 valence electrons. The van der Waals surface area contributed by atoms with Crippen molar-refractivity contribution in [2.24, 2.45) is 0 Å². The van der Waals surface area contributed by atoms with Crippen molar-refractivity contribution in [1.82, 2.24) is 15.0 Å². The highest BCUT2D eigenvalue weighted by atomic mass is 32.1. The number of aromatic nitrogens is 3. The Hall–Kier alpha value is -7.01. The van der Waals surface area contributed by atoms with E-state index in [-0.39, 0.29) is 0 Å². The molecule has 0 radical (unpaired) electrons. The zero-order chi connectivity index (χ0) is 36.3. The molecule has 0 bridgehead atoms. The fourth-order valence-electron chi connectivity index (χ4n) is 8.05. The Balaban J connectivity index is 1.16. The maximum Gasteiger partial charge on any atom is 0.165 e. The molecule has 0 aliphatic carbocycles. The van der Waals surface area contributed by atoms with E-state index in [4.69, 9.17) is 15.0 Å². The van der Waals surface area contributed by atoms with Gasteiger partial charge in [-0.05, 0) is 72.8 Å². The first-order valence-electron chi connectivity index (χ1n) is 18.5. The largest absolute Gasteiger partial charge is 0.208 e. The van der Waals surface area contributed by atoms with Gasteiger partial charge in [-0.2, -0.15) is 0 Å². The van der Waals surface area contributed by atoms with Gasteiger partial charge in [0.25, 0.3) is 0 Å². The van der Waals surface area contributed by atoms with E-state index >= 15 is 0 Å². The highest BCUT2D eigenvalue weighted by Gasteiger charge is 2.21. The molecule has 11 aromatic rings. The van der Waals surface area contributed by atoms with Crippen LogP contribution in [0.5, 0.6) is 0 Å². The van der Waals surface area contributed by atoms with E-state index in [1.54, 1.807) is 11.3 Å². The number of hydrogen-bond donors (Lipinski definition) is 0. The monoisotopic (exact) mass is 717 g/mol. The summed E-state index contributed by atoms with van der Waals surface area (Å²) >= 11 is 1.79. The highest BCUT2D eigenvalue weighted by molar-refractivity contribution is 7.26. The van der Waals surface area contributed by atoms with E-state index in [1.807, 2.05) is 0 Å². The fourth-order valence-corrected chi connectivity index (χ4v) is 9.26. The number of nitrogens with zero attached hydrogens (tertiary/aromatic N) is 3. The Labute approximate surface area is 321 Å². The number of thiophene rings is 1. The van der Waals surface area contributed by atoms with Gasteiger partial charge in [-0.25, -0.2) is 15.0 Å². The van der Waals surface area contributed by atoms with E-state index in [1.165, 1.54) is 47.3 Å². The van der Waals surface area contributed by atoms with Gasteiger partial charge in [0.05, 0.1) is 0 Å². The van der Waals surface area contributed by atoms with Crippen LogP contribution >= 0.6 is 11.3 Å². The predicted molar refractivity (Wildman–Crippen MR) is 232 cm³/mol. The molecule has 9 aromatic carbocycles. The Morgan fingerprint density at radius 1 is 0.309 bits per heavy atom. The standard InChI is InChI=1S/C51H31N3S/c1-2-14-37-31-38(28-23-32(37)11-1)42-30-29-34-13-4-6-17-41(34)47(42)51-53-49(36-26-24-35(25-27-36)40-19-9-15-33-12-3-5-16-39(33)40)52-50(54-51)45-21-10-20-44-43-18-7-8-22-46(43)55-48(44)45/h1-31H. The average molecular weight is 718 g/mol. The van der Waals surface area contributed by atoms with E-state index in [0.29, 0.717) is 17.5 Å². The molecule has 0 atom stereocenters. The second-order valence-corrected chi connectivity index (χ2v) is 15.0. The van der Waals surface area contributed by atoms with Crippen molar-refractivity contribution >= 4 is 63.8 Å². The Kier molecular flexibility index (Phi) is 7.35. The van der Waals surface area contributed by atoms with Crippen LogP contribution in [-0.2, 0) is 0 Å². The van der Waals surface area contributed by atoms with Gasteiger partial charge in [0, 0.05) is 36.9 Å². The van der Waals surface area contributed by atoms with Gasteiger partial charge in [-0.3, -0.25) is 0 Å². The number of hydrogen-bond acceptors (Lipinski definition) is 4. The summed E-state index contributed by atoms with van der Waals surface area (Å²) in [5.74, 6) is 1.95. The molecule has 0 aliphatic heterocycles. The summed E-state index contributed by atoms with van der Waals surface area (Å²) in [4.78, 5) is 16.0. The Bertz CT molecular complexity index is 3270. The minimum absolute atomic E-state index is 0.639. The van der Waals surface area contributed by atoms with Crippen LogP contribution in [0.25, 0.3) is 109 Å². The van der Waals surface area contributed by atoms with Crippen LogP contribution in [0.1, 0.15) is 0 Å². The van der Waals surface area contributed by atoms with Crippen molar-refractivity contribution in [2.45, 2.75) is 0 Å². The maximum absolute atomic E-state index is 5.40. The van der Waals surface area contributed by atoms with E-state index < -0.39 is 0 Å². The first kappa shape index (κ1) is 31.5. The molecule has 2 heterocycles. The normalized spacial score (nSPS) is 11.6. The number of fused-ring (bicyclic) bond motifs is 6. The van der Waals surface area contributed by atoms with Gasteiger partial charge >= 0.3 is 0 Å². The van der Waals surface area contributed by atoms with Crippen molar-refractivity contribution in [3.8, 4) is 56.4 Å². The second kappa shape index (κ2) is 12.8. The fraction of sp³-hybridized carbons (Fsp3) is 0. The van der Waals surface area contributed by atoms with Gasteiger partial charge in [-0.15, -0.1) is 11.3 Å². The lowest BCUT2D eigenvalue weighted by molar-refractivity contribution is 1.08. The molecule has 0 saturated heterocycles. The first-order valence-corrected chi connectivity index (χ1v) is 19.3. The van der Waals surface area contributed by atoms with Crippen molar-refractivity contribution in [3.05, 3.63) is 188 Å². The van der Waals surface area contributed by atoms with E-state index in [9.17, 15) is 0 Å². The molecule has 0 fully saturated rings. The molecule has 0 aliphatic rings. The molecule has 2 aromatic heterocycles. The van der Waals surface area contributed by atoms with Crippen LogP contribution in [0.3, 0.4) is 0 Å². The van der Waals surface area contributed by atoms with Crippen molar-refractivity contribution in [1.29, 1.82) is 0 Å². The van der Waals surface area contributed by atoms with Crippen LogP contribution in [0.4, 0.5) is 0 Å². The minimum Gasteiger partial charge on any atom is -0.208 e. The topological polar surface area (TPSA) is 38.7 Å². The summed E-state index contributed by atoms with van der Waals surface area (Å²) in [6, 6.07) is 66.9. The molecule has 0 saturated carbocycles. The molecule has 11 rings (SSSR count). The van der Waals surface area contributed by atoms with Gasteiger partial charge in [0.1, 0.15) is 0 Å². The third kappa shape index (κ3) is 5.38. The molecule has 3 nitrogen and oxygen atoms in total. The predicted octanol–water partition coefficient (Wildman–Crippen LogP) is 14.0. The Morgan fingerprint density at radius 3 is 1.73 bits per heavy atom. The lowest BCUT2D eigenvalue weighted by Crippen LogP contribution is -2.02. The molecule has 0 N–H and O–H groups in total. The summed E-state index contributed by atoms with van der Waals surface area (Å²) < 4.78 is 2.42. The minimum atomic E-state index is 0.639. The summed E-state index contributed by atoms with van der Waals surface area (Å²) in [6.07, 6.45) is 0.